The van der Waals surface area contributed by atoms with E-state index in [1.54, 1.807) is 0 Å². The molecule has 2 rings (SSSR count). The Kier molecular flexibility index (Phi) is 3.98. The Morgan fingerprint density at radius 3 is 2.67 bits per heavy atom. The lowest BCUT2D eigenvalue weighted by Crippen LogP contribution is -2.06. The van der Waals surface area contributed by atoms with Crippen LogP contribution in [0.4, 0.5) is 0 Å². The highest BCUT2D eigenvalue weighted by molar-refractivity contribution is 5.85. The van der Waals surface area contributed by atoms with Crippen molar-refractivity contribution in [3.05, 3.63) is 59.7 Å². The van der Waals surface area contributed by atoms with Crippen molar-refractivity contribution in [2.45, 2.75) is 13.2 Å². The molecule has 2 aromatic rings. The van der Waals surface area contributed by atoms with Gasteiger partial charge in [-0.2, -0.15) is 0 Å². The molecular weight excluding hydrogens is 232 g/mol. The van der Waals surface area contributed by atoms with Crippen molar-refractivity contribution in [1.82, 2.24) is 9.97 Å². The Balaban J connectivity index is 1.90. The van der Waals surface area contributed by atoms with E-state index in [9.17, 15) is 4.79 Å². The lowest BCUT2D eigenvalue weighted by atomic mass is 10.2. The van der Waals surface area contributed by atoms with Gasteiger partial charge in [-0.1, -0.05) is 30.3 Å². The Labute approximate surface area is 104 Å². The summed E-state index contributed by atoms with van der Waals surface area (Å²) in [6.07, 6.45) is 1.41. The standard InChI is InChI=1S/C13H12N2O3/c16-13(17)11-6-7-14-12(15-11)9-18-8-10-4-2-1-3-5-10/h1-7H,8-9H2,(H,16,17). The first-order valence-electron chi connectivity index (χ1n) is 5.42. The van der Waals surface area contributed by atoms with E-state index in [2.05, 4.69) is 9.97 Å². The zero-order valence-corrected chi connectivity index (χ0v) is 9.61. The van der Waals surface area contributed by atoms with Gasteiger partial charge in [-0.05, 0) is 11.6 Å². The fraction of sp³-hybridized carbons (Fsp3) is 0.154. The molecule has 18 heavy (non-hydrogen) atoms. The second kappa shape index (κ2) is 5.88. The smallest absolute Gasteiger partial charge is 0.354 e. The molecular formula is C13H12N2O3. The Morgan fingerprint density at radius 2 is 1.94 bits per heavy atom. The number of aromatic carboxylic acids is 1. The first kappa shape index (κ1) is 12.2. The van der Waals surface area contributed by atoms with Crippen LogP contribution in [-0.2, 0) is 18.0 Å². The zero-order valence-electron chi connectivity index (χ0n) is 9.61. The Hall–Kier alpha value is -2.27. The Morgan fingerprint density at radius 1 is 1.17 bits per heavy atom. The SMILES string of the molecule is O=C(O)c1ccnc(COCc2ccccc2)n1. The van der Waals surface area contributed by atoms with E-state index < -0.39 is 5.97 Å². The molecule has 1 aromatic heterocycles. The van der Waals surface area contributed by atoms with Crippen molar-refractivity contribution in [3.63, 3.8) is 0 Å². The van der Waals surface area contributed by atoms with Gasteiger partial charge < -0.3 is 9.84 Å². The topological polar surface area (TPSA) is 72.3 Å². The molecule has 0 amide bonds. The van der Waals surface area contributed by atoms with Gasteiger partial charge in [0.05, 0.1) is 6.61 Å². The van der Waals surface area contributed by atoms with E-state index >= 15 is 0 Å². The molecule has 92 valence electrons. The lowest BCUT2D eigenvalue weighted by Gasteiger charge is -2.03. The highest BCUT2D eigenvalue weighted by atomic mass is 16.5. The molecule has 1 N–H and O–H groups in total. The van der Waals surface area contributed by atoms with Crippen molar-refractivity contribution < 1.29 is 14.6 Å². The molecule has 5 heteroatoms. The van der Waals surface area contributed by atoms with Crippen molar-refractivity contribution in [2.75, 3.05) is 0 Å². The molecule has 5 nitrogen and oxygen atoms in total. The number of nitrogens with zero attached hydrogens (tertiary/aromatic N) is 2. The summed E-state index contributed by atoms with van der Waals surface area (Å²) in [5.74, 6) is -0.701. The van der Waals surface area contributed by atoms with Gasteiger partial charge >= 0.3 is 5.97 Å². The third kappa shape index (κ3) is 3.36. The van der Waals surface area contributed by atoms with Crippen molar-refractivity contribution in [2.24, 2.45) is 0 Å². The number of carbonyl (C=O) groups is 1. The molecule has 0 aliphatic rings. The van der Waals surface area contributed by atoms with Crippen LogP contribution in [0.1, 0.15) is 21.9 Å². The zero-order chi connectivity index (χ0) is 12.8. The number of hydrogen-bond donors (Lipinski definition) is 1. The summed E-state index contributed by atoms with van der Waals surface area (Å²) >= 11 is 0. The summed E-state index contributed by atoms with van der Waals surface area (Å²) in [4.78, 5) is 18.5. The number of carboxylic acid groups (broad SMARTS) is 1. The van der Waals surface area contributed by atoms with E-state index in [0.29, 0.717) is 12.4 Å². The molecule has 0 saturated carbocycles. The van der Waals surface area contributed by atoms with Crippen molar-refractivity contribution >= 4 is 5.97 Å². The van der Waals surface area contributed by atoms with Crippen LogP contribution >= 0.6 is 0 Å². The summed E-state index contributed by atoms with van der Waals surface area (Å²) in [5, 5.41) is 8.78. The summed E-state index contributed by atoms with van der Waals surface area (Å²) in [7, 11) is 0. The van der Waals surface area contributed by atoms with Crippen LogP contribution < -0.4 is 0 Å². The molecule has 0 saturated heterocycles. The van der Waals surface area contributed by atoms with Gasteiger partial charge in [0.15, 0.2) is 11.5 Å². The molecule has 0 atom stereocenters. The van der Waals surface area contributed by atoms with Crippen molar-refractivity contribution in [1.29, 1.82) is 0 Å². The molecule has 1 aromatic carbocycles. The quantitative estimate of drug-likeness (QED) is 0.869. The number of benzene rings is 1. The number of rotatable bonds is 5. The molecule has 0 fully saturated rings. The highest BCUT2D eigenvalue weighted by Crippen LogP contribution is 2.03. The van der Waals surface area contributed by atoms with Gasteiger partial charge in [0.25, 0.3) is 0 Å². The van der Waals surface area contributed by atoms with E-state index in [4.69, 9.17) is 9.84 Å². The van der Waals surface area contributed by atoms with Crippen molar-refractivity contribution in [3.8, 4) is 0 Å². The van der Waals surface area contributed by atoms with Gasteiger partial charge in [-0.25, -0.2) is 14.8 Å². The van der Waals surface area contributed by atoms with Gasteiger partial charge in [0, 0.05) is 6.20 Å². The molecule has 0 aliphatic heterocycles. The Bertz CT molecular complexity index is 529. The van der Waals surface area contributed by atoms with Gasteiger partial charge in [-0.15, -0.1) is 0 Å². The largest absolute Gasteiger partial charge is 0.477 e. The van der Waals surface area contributed by atoms with Crippen LogP contribution in [-0.4, -0.2) is 21.0 Å². The number of aromatic nitrogens is 2. The maximum Gasteiger partial charge on any atom is 0.354 e. The van der Waals surface area contributed by atoms with Gasteiger partial charge in [0.2, 0.25) is 0 Å². The average Bonchev–Trinajstić information content (AvgIpc) is 2.40. The highest BCUT2D eigenvalue weighted by Gasteiger charge is 2.06. The fourth-order valence-corrected chi connectivity index (χ4v) is 1.42. The van der Waals surface area contributed by atoms with E-state index in [1.165, 1.54) is 12.3 Å². The average molecular weight is 244 g/mol. The van der Waals surface area contributed by atoms with Crippen LogP contribution in [0.3, 0.4) is 0 Å². The number of ether oxygens (including phenoxy) is 1. The van der Waals surface area contributed by atoms with E-state index in [0.717, 1.165) is 5.56 Å². The van der Waals surface area contributed by atoms with Gasteiger partial charge in [0.1, 0.15) is 6.61 Å². The number of carboxylic acids is 1. The second-order valence-corrected chi connectivity index (χ2v) is 3.64. The summed E-state index contributed by atoms with van der Waals surface area (Å²) in [6, 6.07) is 11.1. The molecule has 0 aliphatic carbocycles. The molecule has 0 bridgehead atoms. The van der Waals surface area contributed by atoms with Crippen LogP contribution in [0.2, 0.25) is 0 Å². The monoisotopic (exact) mass is 244 g/mol. The maximum atomic E-state index is 10.7. The summed E-state index contributed by atoms with van der Waals surface area (Å²) in [6.45, 7) is 0.636. The maximum absolute atomic E-state index is 10.7. The molecule has 1 heterocycles. The normalized spacial score (nSPS) is 10.2. The van der Waals surface area contributed by atoms with Crippen LogP contribution in [0.5, 0.6) is 0 Å². The van der Waals surface area contributed by atoms with Crippen LogP contribution in [0, 0.1) is 0 Å². The third-order valence-electron chi connectivity index (χ3n) is 2.27. The molecule has 0 radical (unpaired) electrons. The van der Waals surface area contributed by atoms with Crippen LogP contribution in [0.25, 0.3) is 0 Å². The predicted octanol–water partition coefficient (Wildman–Crippen LogP) is 1.89. The predicted molar refractivity (Wildman–Crippen MR) is 63.9 cm³/mol. The van der Waals surface area contributed by atoms with E-state index in [1.807, 2.05) is 30.3 Å². The minimum Gasteiger partial charge on any atom is -0.477 e. The molecule has 0 unspecified atom stereocenters. The van der Waals surface area contributed by atoms with Crippen LogP contribution in [0.15, 0.2) is 42.6 Å². The first-order valence-corrected chi connectivity index (χ1v) is 5.42. The fourth-order valence-electron chi connectivity index (χ4n) is 1.42. The third-order valence-corrected chi connectivity index (χ3v) is 2.27. The minimum absolute atomic E-state index is 0.0247. The lowest BCUT2D eigenvalue weighted by molar-refractivity contribution is 0.0687. The van der Waals surface area contributed by atoms with Gasteiger partial charge in [-0.3, -0.25) is 0 Å². The second-order valence-electron chi connectivity index (χ2n) is 3.64. The molecule has 0 spiro atoms. The first-order chi connectivity index (χ1) is 8.75. The van der Waals surface area contributed by atoms with E-state index in [-0.39, 0.29) is 12.3 Å². The minimum atomic E-state index is -1.07. The number of hydrogen-bond acceptors (Lipinski definition) is 4. The summed E-state index contributed by atoms with van der Waals surface area (Å²) < 4.78 is 5.42. The summed E-state index contributed by atoms with van der Waals surface area (Å²) in [5.41, 5.74) is 1.02.